The van der Waals surface area contributed by atoms with Crippen LogP contribution in [0, 0.1) is 13.8 Å². The van der Waals surface area contributed by atoms with Gasteiger partial charge in [0.2, 0.25) is 5.91 Å². The third-order valence-electron chi connectivity index (χ3n) is 4.77. The van der Waals surface area contributed by atoms with Crippen molar-refractivity contribution in [1.82, 2.24) is 19.6 Å². The van der Waals surface area contributed by atoms with E-state index < -0.39 is 11.9 Å². The van der Waals surface area contributed by atoms with Gasteiger partial charge in [-0.3, -0.25) is 14.4 Å². The Hall–Kier alpha value is -2.35. The molecule has 1 saturated heterocycles. The number of piperazine rings is 1. The third-order valence-corrected chi connectivity index (χ3v) is 4.77. The van der Waals surface area contributed by atoms with Crippen molar-refractivity contribution in [2.45, 2.75) is 33.1 Å². The summed E-state index contributed by atoms with van der Waals surface area (Å²) in [6.45, 7) is 6.86. The van der Waals surface area contributed by atoms with Gasteiger partial charge < -0.3 is 4.90 Å². The van der Waals surface area contributed by atoms with Crippen LogP contribution in [0.4, 0.5) is 13.2 Å². The van der Waals surface area contributed by atoms with E-state index in [-0.39, 0.29) is 12.5 Å². The van der Waals surface area contributed by atoms with Gasteiger partial charge >= 0.3 is 6.18 Å². The normalized spacial score (nSPS) is 16.0. The molecular formula is C19H23F3N4O. The lowest BCUT2D eigenvalue weighted by Gasteiger charge is -2.34. The Bertz CT molecular complexity index is 808. The first kappa shape index (κ1) is 19.4. The van der Waals surface area contributed by atoms with E-state index in [2.05, 4.69) is 35.1 Å². The van der Waals surface area contributed by atoms with Crippen LogP contribution in [-0.2, 0) is 24.1 Å². The van der Waals surface area contributed by atoms with Crippen molar-refractivity contribution >= 4 is 5.91 Å². The molecule has 27 heavy (non-hydrogen) atoms. The second-order valence-electron chi connectivity index (χ2n) is 6.97. The van der Waals surface area contributed by atoms with Gasteiger partial charge in [0.1, 0.15) is 6.54 Å². The van der Waals surface area contributed by atoms with Crippen LogP contribution in [-0.4, -0.2) is 51.7 Å². The molecule has 8 heteroatoms. The zero-order valence-corrected chi connectivity index (χ0v) is 15.5. The molecule has 5 nitrogen and oxygen atoms in total. The fourth-order valence-electron chi connectivity index (χ4n) is 3.26. The Morgan fingerprint density at radius 1 is 1.11 bits per heavy atom. The smallest absolute Gasteiger partial charge is 0.339 e. The summed E-state index contributed by atoms with van der Waals surface area (Å²) in [5.41, 5.74) is 1.82. The van der Waals surface area contributed by atoms with Gasteiger partial charge in [-0.05, 0) is 25.5 Å². The fourth-order valence-corrected chi connectivity index (χ4v) is 3.26. The summed E-state index contributed by atoms with van der Waals surface area (Å²) in [6, 6.07) is 9.29. The monoisotopic (exact) mass is 380 g/mol. The molecule has 0 bridgehead atoms. The SMILES string of the molecule is Cc1cccc(CN2CCN(C(=O)Cn3nc(C(F)(F)F)cc3C)CC2)c1. The fraction of sp³-hybridized carbons (Fsp3) is 0.474. The van der Waals surface area contributed by atoms with Gasteiger partial charge in [0, 0.05) is 38.4 Å². The summed E-state index contributed by atoms with van der Waals surface area (Å²) in [5.74, 6) is -0.204. The van der Waals surface area contributed by atoms with Crippen LogP contribution in [0.1, 0.15) is 22.5 Å². The van der Waals surface area contributed by atoms with Gasteiger partial charge in [0.25, 0.3) is 0 Å². The highest BCUT2D eigenvalue weighted by molar-refractivity contribution is 5.76. The van der Waals surface area contributed by atoms with Crippen molar-refractivity contribution in [1.29, 1.82) is 0 Å². The van der Waals surface area contributed by atoms with E-state index in [4.69, 9.17) is 0 Å². The summed E-state index contributed by atoms with van der Waals surface area (Å²) in [6.07, 6.45) is -4.50. The van der Waals surface area contributed by atoms with E-state index in [1.54, 1.807) is 4.90 Å². The Kier molecular flexibility index (Phi) is 5.55. The van der Waals surface area contributed by atoms with Crippen molar-refractivity contribution in [2.24, 2.45) is 0 Å². The molecule has 0 unspecified atom stereocenters. The van der Waals surface area contributed by atoms with Crippen molar-refractivity contribution in [2.75, 3.05) is 26.2 Å². The van der Waals surface area contributed by atoms with E-state index in [1.807, 2.05) is 6.07 Å². The van der Waals surface area contributed by atoms with Crippen LogP contribution in [0.25, 0.3) is 0 Å². The summed E-state index contributed by atoms with van der Waals surface area (Å²) in [7, 11) is 0. The van der Waals surface area contributed by atoms with Gasteiger partial charge in [-0.15, -0.1) is 0 Å². The average molecular weight is 380 g/mol. The van der Waals surface area contributed by atoms with Crippen LogP contribution in [0.5, 0.6) is 0 Å². The van der Waals surface area contributed by atoms with Gasteiger partial charge in [-0.2, -0.15) is 18.3 Å². The van der Waals surface area contributed by atoms with E-state index in [0.717, 1.165) is 30.4 Å². The second-order valence-corrected chi connectivity index (χ2v) is 6.97. The molecule has 2 heterocycles. The second kappa shape index (κ2) is 7.72. The lowest BCUT2D eigenvalue weighted by Crippen LogP contribution is -2.49. The highest BCUT2D eigenvalue weighted by Crippen LogP contribution is 2.28. The number of benzene rings is 1. The van der Waals surface area contributed by atoms with Gasteiger partial charge in [0.05, 0.1) is 0 Å². The molecule has 0 radical (unpaired) electrons. The third kappa shape index (κ3) is 4.88. The molecule has 1 fully saturated rings. The summed E-state index contributed by atoms with van der Waals surface area (Å²) >= 11 is 0. The lowest BCUT2D eigenvalue weighted by atomic mass is 10.1. The summed E-state index contributed by atoms with van der Waals surface area (Å²) < 4.78 is 39.4. The van der Waals surface area contributed by atoms with Crippen molar-refractivity contribution in [3.8, 4) is 0 Å². The Labute approximate surface area is 156 Å². The highest BCUT2D eigenvalue weighted by Gasteiger charge is 2.34. The van der Waals surface area contributed by atoms with Crippen LogP contribution in [0.15, 0.2) is 30.3 Å². The summed E-state index contributed by atoms with van der Waals surface area (Å²) in [5, 5.41) is 3.53. The number of carbonyl (C=O) groups is 1. The number of nitrogens with zero attached hydrogens (tertiary/aromatic N) is 4. The maximum absolute atomic E-state index is 12.7. The number of hydrogen-bond donors (Lipinski definition) is 0. The van der Waals surface area contributed by atoms with Crippen LogP contribution in [0.3, 0.4) is 0 Å². The molecule has 2 aromatic rings. The molecule has 1 amide bonds. The van der Waals surface area contributed by atoms with Crippen LogP contribution >= 0.6 is 0 Å². The highest BCUT2D eigenvalue weighted by atomic mass is 19.4. The largest absolute Gasteiger partial charge is 0.435 e. The molecule has 0 saturated carbocycles. The predicted octanol–water partition coefficient (Wildman–Crippen LogP) is 2.86. The van der Waals surface area contributed by atoms with Gasteiger partial charge in [-0.25, -0.2) is 0 Å². The average Bonchev–Trinajstić information content (AvgIpc) is 2.96. The zero-order chi connectivity index (χ0) is 19.6. The molecule has 0 aliphatic carbocycles. The molecule has 1 aromatic carbocycles. The van der Waals surface area contributed by atoms with Crippen molar-refractivity contribution < 1.29 is 18.0 Å². The number of carbonyl (C=O) groups excluding carboxylic acids is 1. The first-order valence-corrected chi connectivity index (χ1v) is 8.90. The molecule has 0 N–H and O–H groups in total. The van der Waals surface area contributed by atoms with Crippen molar-refractivity contribution in [3.05, 3.63) is 52.8 Å². The number of alkyl halides is 3. The quantitative estimate of drug-likeness (QED) is 0.819. The molecule has 0 spiro atoms. The molecular weight excluding hydrogens is 357 g/mol. The number of halogens is 3. The molecule has 146 valence electrons. The topological polar surface area (TPSA) is 41.4 Å². The molecule has 1 aliphatic rings. The van der Waals surface area contributed by atoms with E-state index in [0.29, 0.717) is 18.8 Å². The van der Waals surface area contributed by atoms with E-state index >= 15 is 0 Å². The number of hydrogen-bond acceptors (Lipinski definition) is 3. The van der Waals surface area contributed by atoms with Gasteiger partial charge in [-0.1, -0.05) is 29.8 Å². The Morgan fingerprint density at radius 3 is 2.41 bits per heavy atom. The Morgan fingerprint density at radius 2 is 1.81 bits per heavy atom. The lowest BCUT2D eigenvalue weighted by molar-refractivity contribution is -0.142. The van der Waals surface area contributed by atoms with Gasteiger partial charge in [0.15, 0.2) is 5.69 Å². The minimum absolute atomic E-state index is 0.167. The van der Waals surface area contributed by atoms with Crippen molar-refractivity contribution in [3.63, 3.8) is 0 Å². The zero-order valence-electron chi connectivity index (χ0n) is 15.5. The summed E-state index contributed by atoms with van der Waals surface area (Å²) in [4.78, 5) is 16.4. The standard InChI is InChI=1S/C19H23F3N4O/c1-14-4-3-5-16(10-14)12-24-6-8-25(9-7-24)18(27)13-26-15(2)11-17(23-26)19(20,21)22/h3-5,10-11H,6-9,12-13H2,1-2H3. The maximum Gasteiger partial charge on any atom is 0.435 e. The molecule has 0 atom stereocenters. The number of amides is 1. The molecule has 1 aliphatic heterocycles. The van der Waals surface area contributed by atoms with Crippen LogP contribution < -0.4 is 0 Å². The number of aromatic nitrogens is 2. The minimum Gasteiger partial charge on any atom is -0.339 e. The van der Waals surface area contributed by atoms with E-state index in [9.17, 15) is 18.0 Å². The predicted molar refractivity (Wildman–Crippen MR) is 95.0 cm³/mol. The number of aryl methyl sites for hydroxylation is 2. The molecule has 3 rings (SSSR count). The first-order valence-electron chi connectivity index (χ1n) is 8.90. The first-order chi connectivity index (χ1) is 12.7. The Balaban J connectivity index is 1.54. The maximum atomic E-state index is 12.7. The molecule has 1 aromatic heterocycles. The van der Waals surface area contributed by atoms with E-state index in [1.165, 1.54) is 18.1 Å². The number of rotatable bonds is 4. The van der Waals surface area contributed by atoms with Crippen LogP contribution in [0.2, 0.25) is 0 Å². The minimum atomic E-state index is -4.50.